The molecule has 1 heterocycles. The van der Waals surface area contributed by atoms with Crippen LogP contribution in [0, 0.1) is 12.8 Å². The van der Waals surface area contributed by atoms with Crippen LogP contribution >= 0.6 is 35.0 Å². The first-order valence-electron chi connectivity index (χ1n) is 12.3. The van der Waals surface area contributed by atoms with Crippen LogP contribution in [0.15, 0.2) is 55.1 Å². The Labute approximate surface area is 224 Å². The van der Waals surface area contributed by atoms with E-state index in [1.165, 1.54) is 0 Å². The van der Waals surface area contributed by atoms with E-state index in [4.69, 9.17) is 27.9 Å². The molecule has 0 spiro atoms. The average molecular weight is 533 g/mol. The normalized spacial score (nSPS) is 23.9. The zero-order chi connectivity index (χ0) is 25.3. The van der Waals surface area contributed by atoms with Gasteiger partial charge in [0.15, 0.2) is 0 Å². The topological polar surface area (TPSA) is 29.5 Å². The summed E-state index contributed by atoms with van der Waals surface area (Å²) in [6, 6.07) is 13.8. The van der Waals surface area contributed by atoms with Crippen molar-refractivity contribution in [2.24, 2.45) is 5.92 Å². The van der Waals surface area contributed by atoms with Crippen molar-refractivity contribution in [1.29, 1.82) is 0 Å². The van der Waals surface area contributed by atoms with Crippen molar-refractivity contribution in [2.75, 3.05) is 5.75 Å². The number of morpholine rings is 1. The molecule has 0 N–H and O–H groups in total. The van der Waals surface area contributed by atoms with E-state index in [1.807, 2.05) is 55.1 Å². The van der Waals surface area contributed by atoms with Crippen molar-refractivity contribution in [1.82, 2.24) is 4.90 Å². The van der Waals surface area contributed by atoms with Crippen molar-refractivity contribution >= 4 is 40.9 Å². The molecule has 0 aromatic heterocycles. The maximum Gasteiger partial charge on any atom is 0.252 e. The second-order valence-corrected chi connectivity index (χ2v) is 13.3. The number of thioether (sulfide) groups is 1. The summed E-state index contributed by atoms with van der Waals surface area (Å²) in [5.74, 6) is 1.45. The maximum absolute atomic E-state index is 14.1. The minimum Gasteiger partial charge on any atom is -0.358 e. The van der Waals surface area contributed by atoms with Crippen molar-refractivity contribution in [3.63, 3.8) is 0 Å². The number of aryl methyl sites for hydroxylation is 1. The molecule has 0 unspecified atom stereocenters. The summed E-state index contributed by atoms with van der Waals surface area (Å²) in [5.41, 5.74) is 3.01. The van der Waals surface area contributed by atoms with Crippen molar-refractivity contribution in [2.45, 2.75) is 76.0 Å². The summed E-state index contributed by atoms with van der Waals surface area (Å²) in [7, 11) is 0. The molecule has 2 aromatic rings. The Kier molecular flexibility index (Phi) is 8.27. The smallest absolute Gasteiger partial charge is 0.252 e. The van der Waals surface area contributed by atoms with Crippen LogP contribution in [0.3, 0.4) is 0 Å². The number of amides is 1. The average Bonchev–Trinajstić information content (AvgIpc) is 3.63. The van der Waals surface area contributed by atoms with E-state index in [0.29, 0.717) is 22.4 Å². The van der Waals surface area contributed by atoms with Crippen LogP contribution in [0.25, 0.3) is 0 Å². The molecular weight excluding hydrogens is 497 g/mol. The molecular formula is C29H35Cl2NO2S. The number of hydrogen-bond donors (Lipinski definition) is 0. The van der Waals surface area contributed by atoms with Gasteiger partial charge in [0.2, 0.25) is 0 Å². The molecule has 1 saturated heterocycles. The van der Waals surface area contributed by atoms with Crippen LogP contribution in [0.2, 0.25) is 10.0 Å². The molecule has 2 aliphatic rings. The molecule has 1 amide bonds. The van der Waals surface area contributed by atoms with Gasteiger partial charge in [-0.15, -0.1) is 6.58 Å². The summed E-state index contributed by atoms with van der Waals surface area (Å²) in [4.78, 5) is 16.2. The molecule has 3 nitrogen and oxygen atoms in total. The van der Waals surface area contributed by atoms with Crippen LogP contribution in [-0.2, 0) is 9.53 Å². The maximum atomic E-state index is 14.1. The van der Waals surface area contributed by atoms with E-state index in [2.05, 4.69) is 38.3 Å². The number of carbonyl (C=O) groups excluding carboxylic acids is 1. The number of hydrogen-bond acceptors (Lipinski definition) is 3. The highest BCUT2D eigenvalue weighted by molar-refractivity contribution is 8.00. The highest BCUT2D eigenvalue weighted by Crippen LogP contribution is 2.49. The van der Waals surface area contributed by atoms with Gasteiger partial charge in [0, 0.05) is 33.0 Å². The van der Waals surface area contributed by atoms with Gasteiger partial charge in [-0.05, 0) is 60.6 Å². The van der Waals surface area contributed by atoms with E-state index in [-0.39, 0.29) is 28.8 Å². The lowest BCUT2D eigenvalue weighted by molar-refractivity contribution is -0.178. The number of nitrogens with zero attached hydrogens (tertiary/aromatic N) is 1. The van der Waals surface area contributed by atoms with E-state index in [0.717, 1.165) is 35.3 Å². The SMILES string of the molecule is C=CC[C@@H]1O[C@H](c2ccc(C)c(Cl)c2)[C@@H](c2ccc(Cl)cc2)N([C@H](CSC(C)(C)C)C2CC2)C1=O. The summed E-state index contributed by atoms with van der Waals surface area (Å²) >= 11 is 14.7. The van der Waals surface area contributed by atoms with Gasteiger partial charge in [-0.1, -0.05) is 74.3 Å². The van der Waals surface area contributed by atoms with Gasteiger partial charge in [0.1, 0.15) is 12.2 Å². The summed E-state index contributed by atoms with van der Waals surface area (Å²) in [6.07, 6.45) is 3.64. The molecule has 2 aromatic carbocycles. The van der Waals surface area contributed by atoms with Gasteiger partial charge in [-0.25, -0.2) is 0 Å². The molecule has 1 aliphatic carbocycles. The molecule has 0 bridgehead atoms. The third-order valence-corrected chi connectivity index (χ3v) is 8.79. The lowest BCUT2D eigenvalue weighted by Gasteiger charge is -2.48. The first kappa shape index (κ1) is 26.6. The van der Waals surface area contributed by atoms with Gasteiger partial charge in [-0.3, -0.25) is 4.79 Å². The molecule has 4 atom stereocenters. The molecule has 35 heavy (non-hydrogen) atoms. The summed E-state index contributed by atoms with van der Waals surface area (Å²) in [6.45, 7) is 12.6. The second-order valence-electron chi connectivity index (χ2n) is 10.6. The van der Waals surface area contributed by atoms with E-state index in [9.17, 15) is 4.79 Å². The number of halogens is 2. The Morgan fingerprint density at radius 2 is 1.80 bits per heavy atom. The highest BCUT2D eigenvalue weighted by atomic mass is 35.5. The third kappa shape index (κ3) is 6.28. The quantitative estimate of drug-likeness (QED) is 0.321. The fourth-order valence-corrected chi connectivity index (χ4v) is 6.16. The van der Waals surface area contributed by atoms with Gasteiger partial charge in [-0.2, -0.15) is 11.8 Å². The molecule has 6 heteroatoms. The Hall–Kier alpha value is -1.46. The van der Waals surface area contributed by atoms with Crippen molar-refractivity contribution in [3.05, 3.63) is 81.9 Å². The van der Waals surface area contributed by atoms with Gasteiger partial charge < -0.3 is 9.64 Å². The number of benzene rings is 2. The minimum absolute atomic E-state index is 0.0470. The van der Waals surface area contributed by atoms with Gasteiger partial charge >= 0.3 is 0 Å². The molecule has 0 radical (unpaired) electrons. The van der Waals surface area contributed by atoms with Crippen LogP contribution < -0.4 is 0 Å². The van der Waals surface area contributed by atoms with E-state index < -0.39 is 6.10 Å². The lowest BCUT2D eigenvalue weighted by Crippen LogP contribution is -2.56. The van der Waals surface area contributed by atoms with Gasteiger partial charge in [0.05, 0.1) is 6.04 Å². The fourth-order valence-electron chi connectivity index (χ4n) is 4.74. The monoisotopic (exact) mass is 531 g/mol. The zero-order valence-corrected chi connectivity index (χ0v) is 23.3. The lowest BCUT2D eigenvalue weighted by atomic mass is 9.89. The summed E-state index contributed by atoms with van der Waals surface area (Å²) < 4.78 is 6.70. The number of rotatable bonds is 8. The molecule has 2 fully saturated rings. The molecule has 4 rings (SSSR count). The third-order valence-electron chi connectivity index (χ3n) is 6.75. The van der Waals surface area contributed by atoms with E-state index in [1.54, 1.807) is 6.08 Å². The van der Waals surface area contributed by atoms with Crippen LogP contribution in [0.1, 0.15) is 68.9 Å². The van der Waals surface area contributed by atoms with E-state index >= 15 is 0 Å². The molecule has 188 valence electrons. The first-order valence-corrected chi connectivity index (χ1v) is 14.1. The molecule has 1 aliphatic heterocycles. The predicted molar refractivity (Wildman–Crippen MR) is 148 cm³/mol. The first-order chi connectivity index (χ1) is 16.6. The summed E-state index contributed by atoms with van der Waals surface area (Å²) in [5, 5.41) is 1.37. The molecule has 1 saturated carbocycles. The fraction of sp³-hybridized carbons (Fsp3) is 0.483. The number of ether oxygens (including phenoxy) is 1. The largest absolute Gasteiger partial charge is 0.358 e. The van der Waals surface area contributed by atoms with Crippen LogP contribution in [0.5, 0.6) is 0 Å². The Morgan fingerprint density at radius 1 is 1.14 bits per heavy atom. The Morgan fingerprint density at radius 3 is 2.37 bits per heavy atom. The number of carbonyl (C=O) groups is 1. The Bertz CT molecular complexity index is 1060. The minimum atomic E-state index is -0.568. The van der Waals surface area contributed by atoms with Crippen molar-refractivity contribution < 1.29 is 9.53 Å². The standard InChI is InChI=1S/C29H35Cl2NO2S/c1-6-7-25-28(33)32(24(19-10-11-19)17-35-29(3,4)5)26(20-12-14-22(30)15-13-20)27(34-25)21-9-8-18(2)23(31)16-21/h6,8-9,12-16,19,24-27H,1,7,10-11,17H2,2-5H3/t24-,25+,26-,27-/m1/s1. The van der Waals surface area contributed by atoms with Crippen LogP contribution in [-0.4, -0.2) is 33.5 Å². The highest BCUT2D eigenvalue weighted by Gasteiger charge is 2.49. The van der Waals surface area contributed by atoms with Crippen LogP contribution in [0.4, 0.5) is 0 Å². The second kappa shape index (κ2) is 10.9. The van der Waals surface area contributed by atoms with Gasteiger partial charge in [0.25, 0.3) is 5.91 Å². The Balaban J connectivity index is 1.84. The predicted octanol–water partition coefficient (Wildman–Crippen LogP) is 8.20. The van der Waals surface area contributed by atoms with Crippen molar-refractivity contribution in [3.8, 4) is 0 Å². The zero-order valence-electron chi connectivity index (χ0n) is 21.0.